The highest BCUT2D eigenvalue weighted by Gasteiger charge is 2.30. The Morgan fingerprint density at radius 1 is 1.03 bits per heavy atom. The first-order valence-electron chi connectivity index (χ1n) is 8.14. The smallest absolute Gasteiger partial charge is 0.416 e. The van der Waals surface area contributed by atoms with E-state index in [0.29, 0.717) is 16.3 Å². The third-order valence-corrected chi connectivity index (χ3v) is 5.03. The number of hydrogen-bond donors (Lipinski definition) is 0. The van der Waals surface area contributed by atoms with Gasteiger partial charge in [-0.3, -0.25) is 14.4 Å². The molecular weight excluding hydrogens is 413 g/mol. The van der Waals surface area contributed by atoms with Crippen LogP contribution >= 0.6 is 11.3 Å². The number of halogens is 3. The Morgan fingerprint density at radius 2 is 1.55 bits per heavy atom. The number of amides is 1. The molecule has 1 amide bonds. The maximum Gasteiger partial charge on any atom is 0.416 e. The molecule has 0 spiro atoms. The van der Waals surface area contributed by atoms with Gasteiger partial charge in [0.2, 0.25) is 0 Å². The number of methoxy groups -OCH3 is 2. The summed E-state index contributed by atoms with van der Waals surface area (Å²) in [6.07, 6.45) is -4.46. The number of rotatable bonds is 6. The molecule has 0 N–H and O–H groups in total. The fourth-order valence-corrected chi connectivity index (χ4v) is 3.34. The molecule has 0 atom stereocenters. The first-order chi connectivity index (χ1) is 13.6. The lowest BCUT2D eigenvalue weighted by atomic mass is 10.1. The van der Waals surface area contributed by atoms with Crippen molar-refractivity contribution in [2.75, 3.05) is 27.3 Å². The summed E-state index contributed by atoms with van der Waals surface area (Å²) in [5.74, 6) is -2.10. The molecule has 29 heavy (non-hydrogen) atoms. The van der Waals surface area contributed by atoms with Gasteiger partial charge in [0.1, 0.15) is 23.0 Å². The molecule has 2 aromatic rings. The lowest BCUT2D eigenvalue weighted by molar-refractivity contribution is -0.144. The molecule has 156 valence electrons. The molecule has 0 aliphatic rings. The van der Waals surface area contributed by atoms with E-state index in [4.69, 9.17) is 0 Å². The Kier molecular flexibility index (Phi) is 6.96. The quantitative estimate of drug-likeness (QED) is 0.655. The summed E-state index contributed by atoms with van der Waals surface area (Å²) >= 11 is 0.944. The van der Waals surface area contributed by atoms with Crippen LogP contribution in [0.3, 0.4) is 0 Å². The number of carbonyl (C=O) groups excluding carboxylic acids is 3. The summed E-state index contributed by atoms with van der Waals surface area (Å²) in [4.78, 5) is 41.3. The van der Waals surface area contributed by atoms with E-state index >= 15 is 0 Å². The summed E-state index contributed by atoms with van der Waals surface area (Å²) in [5, 5.41) is 0.329. The summed E-state index contributed by atoms with van der Waals surface area (Å²) in [7, 11) is 2.29. The third kappa shape index (κ3) is 5.53. The average molecular weight is 430 g/mol. The molecule has 0 saturated heterocycles. The van der Waals surface area contributed by atoms with Crippen molar-refractivity contribution in [2.24, 2.45) is 0 Å². The summed E-state index contributed by atoms with van der Waals surface area (Å²) < 4.78 is 47.2. The molecule has 2 rings (SSSR count). The van der Waals surface area contributed by atoms with Crippen LogP contribution in [0.25, 0.3) is 10.6 Å². The van der Waals surface area contributed by atoms with Crippen molar-refractivity contribution in [3.8, 4) is 10.6 Å². The number of benzene rings is 1. The van der Waals surface area contributed by atoms with Gasteiger partial charge in [0.25, 0.3) is 5.91 Å². The van der Waals surface area contributed by atoms with Gasteiger partial charge in [-0.25, -0.2) is 4.98 Å². The monoisotopic (exact) mass is 430 g/mol. The number of nitrogens with zero attached hydrogens (tertiary/aromatic N) is 2. The molecule has 0 bridgehead atoms. The van der Waals surface area contributed by atoms with Crippen LogP contribution in [0.4, 0.5) is 13.2 Å². The Bertz CT molecular complexity index is 891. The number of aromatic nitrogens is 1. The fraction of sp³-hybridized carbons (Fsp3) is 0.333. The minimum atomic E-state index is -4.46. The SMILES string of the molecule is COC(=O)CN(CC(=O)OC)C(=O)c1sc(-c2ccc(C(F)(F)F)cc2)nc1C. The molecule has 0 saturated carbocycles. The number of alkyl halides is 3. The molecule has 0 unspecified atom stereocenters. The normalized spacial score (nSPS) is 11.1. The van der Waals surface area contributed by atoms with Gasteiger partial charge in [-0.15, -0.1) is 11.3 Å². The van der Waals surface area contributed by atoms with E-state index < -0.39 is 42.7 Å². The topological polar surface area (TPSA) is 85.8 Å². The molecule has 0 radical (unpaired) electrons. The maximum absolute atomic E-state index is 12.8. The van der Waals surface area contributed by atoms with E-state index in [1.165, 1.54) is 12.1 Å². The summed E-state index contributed by atoms with van der Waals surface area (Å²) in [6.45, 7) is 0.598. The molecule has 0 fully saturated rings. The van der Waals surface area contributed by atoms with E-state index in [9.17, 15) is 27.6 Å². The summed E-state index contributed by atoms with van der Waals surface area (Å²) in [6, 6.07) is 4.37. The van der Waals surface area contributed by atoms with Crippen molar-refractivity contribution in [3.05, 3.63) is 40.4 Å². The first-order valence-corrected chi connectivity index (χ1v) is 8.96. The number of aryl methyl sites for hydroxylation is 1. The number of esters is 2. The highest BCUT2D eigenvalue weighted by Crippen LogP contribution is 2.33. The van der Waals surface area contributed by atoms with E-state index in [1.54, 1.807) is 6.92 Å². The second-order valence-corrected chi connectivity index (χ2v) is 6.82. The van der Waals surface area contributed by atoms with Crippen molar-refractivity contribution < 1.29 is 37.0 Å². The lowest BCUT2D eigenvalue weighted by Crippen LogP contribution is -2.40. The molecule has 0 aliphatic heterocycles. The minimum Gasteiger partial charge on any atom is -0.468 e. The van der Waals surface area contributed by atoms with Crippen molar-refractivity contribution >= 4 is 29.2 Å². The molecule has 1 heterocycles. The van der Waals surface area contributed by atoms with Crippen LogP contribution in [0.1, 0.15) is 20.9 Å². The van der Waals surface area contributed by atoms with Crippen LogP contribution in [0.15, 0.2) is 24.3 Å². The number of carbonyl (C=O) groups is 3. The lowest BCUT2D eigenvalue weighted by Gasteiger charge is -2.19. The fourth-order valence-electron chi connectivity index (χ4n) is 2.30. The molecular formula is C18H17F3N2O5S. The Morgan fingerprint density at radius 3 is 2.00 bits per heavy atom. The molecule has 1 aromatic heterocycles. The van der Waals surface area contributed by atoms with Gasteiger partial charge in [0.05, 0.1) is 25.5 Å². The number of hydrogen-bond acceptors (Lipinski definition) is 7. The van der Waals surface area contributed by atoms with Crippen LogP contribution in [0, 0.1) is 6.92 Å². The van der Waals surface area contributed by atoms with Gasteiger partial charge in [0.15, 0.2) is 0 Å². The predicted octanol–water partition coefficient (Wildman–Crippen LogP) is 2.93. The summed E-state index contributed by atoms with van der Waals surface area (Å²) in [5.41, 5.74) is -0.0829. The predicted molar refractivity (Wildman–Crippen MR) is 97.2 cm³/mol. The molecule has 7 nitrogen and oxygen atoms in total. The van der Waals surface area contributed by atoms with Gasteiger partial charge in [-0.1, -0.05) is 12.1 Å². The second kappa shape index (κ2) is 9.03. The second-order valence-electron chi connectivity index (χ2n) is 5.82. The third-order valence-electron chi connectivity index (χ3n) is 3.83. The van der Waals surface area contributed by atoms with Crippen molar-refractivity contribution in [3.63, 3.8) is 0 Å². The highest BCUT2D eigenvalue weighted by atomic mass is 32.1. The Labute approximate surface area is 168 Å². The standard InChI is InChI=1S/C18H17F3N2O5S/c1-10-15(17(26)23(8-13(24)27-2)9-14(25)28-3)29-16(22-10)11-4-6-12(7-5-11)18(19,20)21/h4-7H,8-9H2,1-3H3. The largest absolute Gasteiger partial charge is 0.468 e. The number of thiazole rings is 1. The van der Waals surface area contributed by atoms with Gasteiger partial charge in [0, 0.05) is 5.56 Å². The van der Waals surface area contributed by atoms with Crippen LogP contribution < -0.4 is 0 Å². The van der Waals surface area contributed by atoms with Gasteiger partial charge < -0.3 is 14.4 Å². The zero-order valence-electron chi connectivity index (χ0n) is 15.7. The zero-order valence-corrected chi connectivity index (χ0v) is 16.5. The highest BCUT2D eigenvalue weighted by molar-refractivity contribution is 7.17. The van der Waals surface area contributed by atoms with Crippen LogP contribution in [-0.2, 0) is 25.2 Å². The van der Waals surface area contributed by atoms with Crippen molar-refractivity contribution in [2.45, 2.75) is 13.1 Å². The first kappa shape index (κ1) is 22.3. The van der Waals surface area contributed by atoms with E-state index in [2.05, 4.69) is 14.5 Å². The van der Waals surface area contributed by atoms with Crippen LogP contribution in [0.2, 0.25) is 0 Å². The van der Waals surface area contributed by atoms with Gasteiger partial charge in [-0.2, -0.15) is 13.2 Å². The Balaban J connectivity index is 2.31. The van der Waals surface area contributed by atoms with E-state index in [0.717, 1.165) is 42.6 Å². The number of ether oxygens (including phenoxy) is 2. The van der Waals surface area contributed by atoms with Crippen LogP contribution in [0.5, 0.6) is 0 Å². The molecule has 1 aromatic carbocycles. The van der Waals surface area contributed by atoms with E-state index in [-0.39, 0.29) is 4.88 Å². The van der Waals surface area contributed by atoms with Crippen molar-refractivity contribution in [1.29, 1.82) is 0 Å². The Hall–Kier alpha value is -2.95. The zero-order chi connectivity index (χ0) is 21.8. The maximum atomic E-state index is 12.8. The minimum absolute atomic E-state index is 0.146. The van der Waals surface area contributed by atoms with Gasteiger partial charge >= 0.3 is 18.1 Å². The van der Waals surface area contributed by atoms with Gasteiger partial charge in [-0.05, 0) is 19.1 Å². The van der Waals surface area contributed by atoms with E-state index in [1.807, 2.05) is 0 Å². The van der Waals surface area contributed by atoms with Crippen LogP contribution in [-0.4, -0.2) is 55.0 Å². The average Bonchev–Trinajstić information content (AvgIpc) is 3.07. The molecule has 11 heteroatoms. The van der Waals surface area contributed by atoms with Crippen molar-refractivity contribution in [1.82, 2.24) is 9.88 Å². The molecule has 0 aliphatic carbocycles.